The summed E-state index contributed by atoms with van der Waals surface area (Å²) in [5.41, 5.74) is 1.41. The third-order valence-electron chi connectivity index (χ3n) is 4.97. The van der Waals surface area contributed by atoms with Crippen molar-refractivity contribution in [2.24, 2.45) is 0 Å². The van der Waals surface area contributed by atoms with E-state index < -0.39 is 17.5 Å². The molecule has 170 valence electrons. The zero-order valence-electron chi connectivity index (χ0n) is 17.7. The SMILES string of the molecule is Cc1onc(C(=O)Nc2cc(C)n(Cc3ccccc3F)n2)c1COc1ccc(F)cc1F. The van der Waals surface area contributed by atoms with Crippen molar-refractivity contribution in [2.75, 3.05) is 5.32 Å². The average Bonchev–Trinajstić information content (AvgIpc) is 3.31. The topological polar surface area (TPSA) is 82.2 Å². The molecule has 0 radical (unpaired) electrons. The Balaban J connectivity index is 1.48. The second-order valence-corrected chi connectivity index (χ2v) is 7.30. The minimum absolute atomic E-state index is 0.0590. The molecule has 0 aliphatic carbocycles. The summed E-state index contributed by atoms with van der Waals surface area (Å²) in [6, 6.07) is 10.9. The number of aryl methyl sites for hydroxylation is 2. The van der Waals surface area contributed by atoms with Crippen LogP contribution in [0.5, 0.6) is 5.75 Å². The Morgan fingerprint density at radius 1 is 1.09 bits per heavy atom. The zero-order valence-corrected chi connectivity index (χ0v) is 17.7. The van der Waals surface area contributed by atoms with Gasteiger partial charge in [-0.15, -0.1) is 0 Å². The van der Waals surface area contributed by atoms with Crippen LogP contribution in [0.1, 0.15) is 33.1 Å². The van der Waals surface area contributed by atoms with Crippen LogP contribution in [-0.2, 0) is 13.2 Å². The summed E-state index contributed by atoms with van der Waals surface area (Å²) < 4.78 is 52.9. The second kappa shape index (κ2) is 9.19. The van der Waals surface area contributed by atoms with Crippen LogP contribution in [0.15, 0.2) is 53.1 Å². The van der Waals surface area contributed by atoms with Crippen LogP contribution in [0.3, 0.4) is 0 Å². The van der Waals surface area contributed by atoms with Gasteiger partial charge in [-0.3, -0.25) is 9.48 Å². The van der Waals surface area contributed by atoms with Crippen molar-refractivity contribution in [3.8, 4) is 5.75 Å². The second-order valence-electron chi connectivity index (χ2n) is 7.30. The first-order valence-electron chi connectivity index (χ1n) is 9.94. The van der Waals surface area contributed by atoms with Crippen molar-refractivity contribution in [3.63, 3.8) is 0 Å². The molecule has 10 heteroatoms. The number of carbonyl (C=O) groups excluding carboxylic acids is 1. The van der Waals surface area contributed by atoms with Gasteiger partial charge in [-0.05, 0) is 32.0 Å². The van der Waals surface area contributed by atoms with Crippen molar-refractivity contribution in [3.05, 3.63) is 94.3 Å². The van der Waals surface area contributed by atoms with Gasteiger partial charge in [-0.1, -0.05) is 23.4 Å². The minimum atomic E-state index is -0.869. The average molecular weight is 456 g/mol. The summed E-state index contributed by atoms with van der Waals surface area (Å²) in [4.78, 5) is 12.8. The number of hydrogen-bond donors (Lipinski definition) is 1. The standard InChI is InChI=1S/C23H19F3N4O3/c1-13-9-21(28-30(13)11-15-5-3-4-6-18(15)25)27-23(31)22-17(14(2)33-29-22)12-32-20-8-7-16(24)10-19(20)26/h3-10H,11-12H2,1-2H3,(H,27,28,31). The molecule has 1 N–H and O–H groups in total. The van der Waals surface area contributed by atoms with Gasteiger partial charge in [-0.25, -0.2) is 13.2 Å². The Hall–Kier alpha value is -4.08. The fraction of sp³-hybridized carbons (Fsp3) is 0.174. The largest absolute Gasteiger partial charge is 0.486 e. The highest BCUT2D eigenvalue weighted by molar-refractivity contribution is 6.03. The summed E-state index contributed by atoms with van der Waals surface area (Å²) in [5.74, 6) is -2.18. The van der Waals surface area contributed by atoms with Crippen molar-refractivity contribution in [1.29, 1.82) is 0 Å². The molecule has 0 saturated carbocycles. The van der Waals surface area contributed by atoms with Crippen LogP contribution in [0.4, 0.5) is 19.0 Å². The van der Waals surface area contributed by atoms with Crippen LogP contribution < -0.4 is 10.1 Å². The molecule has 0 spiro atoms. The predicted molar refractivity (Wildman–Crippen MR) is 112 cm³/mol. The van der Waals surface area contributed by atoms with E-state index >= 15 is 0 Å². The third-order valence-corrected chi connectivity index (χ3v) is 4.97. The van der Waals surface area contributed by atoms with E-state index in [9.17, 15) is 18.0 Å². The van der Waals surface area contributed by atoms with Crippen molar-refractivity contribution >= 4 is 11.7 Å². The number of amides is 1. The van der Waals surface area contributed by atoms with Crippen LogP contribution in [0.2, 0.25) is 0 Å². The van der Waals surface area contributed by atoms with Crippen LogP contribution in [-0.4, -0.2) is 20.8 Å². The lowest BCUT2D eigenvalue weighted by Crippen LogP contribution is -2.16. The highest BCUT2D eigenvalue weighted by Crippen LogP contribution is 2.22. The summed E-state index contributed by atoms with van der Waals surface area (Å²) in [7, 11) is 0. The zero-order chi connectivity index (χ0) is 23.5. The number of carbonyl (C=O) groups is 1. The molecule has 2 heterocycles. The van der Waals surface area contributed by atoms with E-state index in [0.717, 1.165) is 12.1 Å². The summed E-state index contributed by atoms with van der Waals surface area (Å²) in [5, 5.41) is 10.7. The smallest absolute Gasteiger partial charge is 0.279 e. The molecule has 0 unspecified atom stereocenters. The van der Waals surface area contributed by atoms with Gasteiger partial charge in [0.2, 0.25) is 0 Å². The fourth-order valence-electron chi connectivity index (χ4n) is 3.18. The molecule has 7 nitrogen and oxygen atoms in total. The Bertz CT molecular complexity index is 1320. The number of ether oxygens (including phenoxy) is 1. The molecule has 1 amide bonds. The van der Waals surface area contributed by atoms with Crippen LogP contribution in [0.25, 0.3) is 0 Å². The number of rotatable bonds is 7. The first kappa shape index (κ1) is 22.1. The van der Waals surface area contributed by atoms with E-state index in [-0.39, 0.29) is 36.2 Å². The molecule has 0 aliphatic heterocycles. The highest BCUT2D eigenvalue weighted by Gasteiger charge is 2.22. The van der Waals surface area contributed by atoms with E-state index in [1.54, 1.807) is 42.8 Å². The molecule has 2 aromatic heterocycles. The molecule has 4 aromatic rings. The molecule has 2 aromatic carbocycles. The number of nitrogens with one attached hydrogen (secondary N) is 1. The summed E-state index contributed by atoms with van der Waals surface area (Å²) >= 11 is 0. The van der Waals surface area contributed by atoms with Gasteiger partial charge in [-0.2, -0.15) is 5.10 Å². The van der Waals surface area contributed by atoms with E-state index in [1.165, 1.54) is 6.07 Å². The summed E-state index contributed by atoms with van der Waals surface area (Å²) in [6.45, 7) is 3.33. The van der Waals surface area contributed by atoms with E-state index in [1.807, 2.05) is 0 Å². The van der Waals surface area contributed by atoms with Gasteiger partial charge in [0.15, 0.2) is 23.1 Å². The van der Waals surface area contributed by atoms with Crippen molar-refractivity contribution in [1.82, 2.24) is 14.9 Å². The maximum absolute atomic E-state index is 13.9. The quantitative estimate of drug-likeness (QED) is 0.433. The van der Waals surface area contributed by atoms with Gasteiger partial charge in [0.05, 0.1) is 12.1 Å². The van der Waals surface area contributed by atoms with E-state index in [2.05, 4.69) is 15.6 Å². The Labute approximate surface area is 186 Å². The molecule has 0 fully saturated rings. The molecule has 0 bridgehead atoms. The molecule has 0 atom stereocenters. The molecule has 33 heavy (non-hydrogen) atoms. The predicted octanol–water partition coefficient (Wildman–Crippen LogP) is 4.78. The Kier molecular flexibility index (Phi) is 6.16. The molecule has 4 rings (SSSR count). The summed E-state index contributed by atoms with van der Waals surface area (Å²) in [6.07, 6.45) is 0. The first-order valence-corrected chi connectivity index (χ1v) is 9.94. The lowest BCUT2D eigenvalue weighted by molar-refractivity contribution is 0.101. The van der Waals surface area contributed by atoms with Gasteiger partial charge in [0.25, 0.3) is 5.91 Å². The number of aromatic nitrogens is 3. The number of hydrogen-bond acceptors (Lipinski definition) is 5. The normalized spacial score (nSPS) is 10.9. The number of halogens is 3. The maximum atomic E-state index is 13.9. The van der Waals surface area contributed by atoms with Crippen LogP contribution in [0, 0.1) is 31.3 Å². The lowest BCUT2D eigenvalue weighted by Gasteiger charge is -2.08. The molecular weight excluding hydrogens is 437 g/mol. The minimum Gasteiger partial charge on any atom is -0.486 e. The maximum Gasteiger partial charge on any atom is 0.279 e. The molecular formula is C23H19F3N4O3. The third kappa shape index (κ3) is 4.89. The fourth-order valence-corrected chi connectivity index (χ4v) is 3.18. The monoisotopic (exact) mass is 456 g/mol. The number of nitrogens with zero attached hydrogens (tertiary/aromatic N) is 3. The number of anilines is 1. The highest BCUT2D eigenvalue weighted by atomic mass is 19.1. The number of benzene rings is 2. The van der Waals surface area contributed by atoms with Gasteiger partial charge >= 0.3 is 0 Å². The molecule has 0 aliphatic rings. The Morgan fingerprint density at radius 3 is 2.64 bits per heavy atom. The van der Waals surface area contributed by atoms with Gasteiger partial charge in [0.1, 0.15) is 24.0 Å². The van der Waals surface area contributed by atoms with E-state index in [4.69, 9.17) is 9.26 Å². The van der Waals surface area contributed by atoms with Crippen molar-refractivity contribution in [2.45, 2.75) is 27.0 Å². The molecule has 0 saturated heterocycles. The van der Waals surface area contributed by atoms with E-state index in [0.29, 0.717) is 28.6 Å². The van der Waals surface area contributed by atoms with Gasteiger partial charge < -0.3 is 14.6 Å². The van der Waals surface area contributed by atoms with Crippen LogP contribution >= 0.6 is 0 Å². The Morgan fingerprint density at radius 2 is 1.88 bits per heavy atom. The first-order chi connectivity index (χ1) is 15.8. The van der Waals surface area contributed by atoms with Crippen molar-refractivity contribution < 1.29 is 27.2 Å². The van der Waals surface area contributed by atoms with Gasteiger partial charge in [0, 0.05) is 23.4 Å². The lowest BCUT2D eigenvalue weighted by atomic mass is 10.2.